The number of carbonyl (C=O) groups excluding carboxylic acids is 2. The molecule has 6 nitrogen and oxygen atoms in total. The summed E-state index contributed by atoms with van der Waals surface area (Å²) >= 11 is 7.22. The Morgan fingerprint density at radius 2 is 1.93 bits per heavy atom. The van der Waals surface area contributed by atoms with Crippen LogP contribution in [0.4, 0.5) is 5.13 Å². The van der Waals surface area contributed by atoms with Gasteiger partial charge in [-0.1, -0.05) is 41.9 Å². The van der Waals surface area contributed by atoms with Gasteiger partial charge in [0.15, 0.2) is 11.2 Å². The number of esters is 1. The van der Waals surface area contributed by atoms with Crippen LogP contribution in [0.5, 0.6) is 5.75 Å². The van der Waals surface area contributed by atoms with Gasteiger partial charge in [-0.2, -0.15) is 0 Å². The molecule has 0 aliphatic rings. The third-order valence-corrected chi connectivity index (χ3v) is 4.83. The van der Waals surface area contributed by atoms with Crippen LogP contribution in [-0.4, -0.2) is 30.1 Å². The predicted octanol–water partition coefficient (Wildman–Crippen LogP) is 4.66. The maximum atomic E-state index is 12.4. The average molecular weight is 417 g/mol. The Morgan fingerprint density at radius 3 is 2.64 bits per heavy atom. The molecule has 8 heteroatoms. The quantitative estimate of drug-likeness (QED) is 0.591. The maximum Gasteiger partial charge on any atom is 0.342 e. The lowest BCUT2D eigenvalue weighted by atomic mass is 10.2. The molecule has 0 saturated carbocycles. The van der Waals surface area contributed by atoms with Gasteiger partial charge in [-0.15, -0.1) is 11.3 Å². The van der Waals surface area contributed by atoms with Gasteiger partial charge >= 0.3 is 5.97 Å². The molecule has 0 saturated heterocycles. The highest BCUT2D eigenvalue weighted by atomic mass is 35.5. The molecule has 0 aliphatic heterocycles. The van der Waals surface area contributed by atoms with E-state index in [0.29, 0.717) is 15.9 Å². The Hall–Kier alpha value is -2.90. The summed E-state index contributed by atoms with van der Waals surface area (Å²) in [6.07, 6.45) is -1.03. The van der Waals surface area contributed by atoms with Gasteiger partial charge in [0.1, 0.15) is 11.3 Å². The van der Waals surface area contributed by atoms with Gasteiger partial charge in [0.2, 0.25) is 0 Å². The topological polar surface area (TPSA) is 77.5 Å². The molecule has 0 aliphatic carbocycles. The Balaban J connectivity index is 1.65. The monoisotopic (exact) mass is 416 g/mol. The van der Waals surface area contributed by atoms with Gasteiger partial charge in [-0.3, -0.25) is 10.1 Å². The first-order valence-corrected chi connectivity index (χ1v) is 9.60. The van der Waals surface area contributed by atoms with Crippen molar-refractivity contribution in [2.45, 2.75) is 13.0 Å². The summed E-state index contributed by atoms with van der Waals surface area (Å²) in [5, 5.41) is 5.29. The summed E-state index contributed by atoms with van der Waals surface area (Å²) in [5.74, 6) is -0.871. The molecule has 1 N–H and O–H groups in total. The Kier molecular flexibility index (Phi) is 6.28. The van der Waals surface area contributed by atoms with E-state index in [1.54, 1.807) is 12.1 Å². The molecular formula is C20H17ClN2O4S. The van der Waals surface area contributed by atoms with Crippen molar-refractivity contribution in [3.63, 3.8) is 0 Å². The number of ether oxygens (including phenoxy) is 2. The van der Waals surface area contributed by atoms with Crippen molar-refractivity contribution in [1.29, 1.82) is 0 Å². The van der Waals surface area contributed by atoms with Crippen LogP contribution in [0.25, 0.3) is 11.3 Å². The standard InChI is InChI=1S/C20H17ClN2O4S/c1-12(27-19(25)15-10-14(21)8-9-17(15)26-2)18(24)23-20-22-16(11-28-20)13-6-4-3-5-7-13/h3-12H,1-2H3,(H,22,23,24)/t12-/m0/s1. The normalized spacial score (nSPS) is 11.5. The molecule has 0 radical (unpaired) electrons. The lowest BCUT2D eigenvalue weighted by Gasteiger charge is -2.14. The van der Waals surface area contributed by atoms with Gasteiger partial charge in [-0.25, -0.2) is 9.78 Å². The second kappa shape index (κ2) is 8.86. The van der Waals surface area contributed by atoms with E-state index < -0.39 is 18.0 Å². The molecular weight excluding hydrogens is 400 g/mol. The minimum absolute atomic E-state index is 0.148. The van der Waals surface area contributed by atoms with Gasteiger partial charge in [0, 0.05) is 16.0 Å². The molecule has 0 unspecified atom stereocenters. The Morgan fingerprint density at radius 1 is 1.18 bits per heavy atom. The van der Waals surface area contributed by atoms with Crippen LogP contribution in [0.3, 0.4) is 0 Å². The number of benzene rings is 2. The first kappa shape index (κ1) is 19.9. The number of methoxy groups -OCH3 is 1. The number of thiazole rings is 1. The van der Waals surface area contributed by atoms with Crippen LogP contribution >= 0.6 is 22.9 Å². The van der Waals surface area contributed by atoms with E-state index in [4.69, 9.17) is 21.1 Å². The van der Waals surface area contributed by atoms with Crippen molar-refractivity contribution >= 4 is 39.9 Å². The summed E-state index contributed by atoms with van der Waals surface area (Å²) in [5.41, 5.74) is 1.86. The number of carbonyl (C=O) groups is 2. The third kappa shape index (κ3) is 4.68. The Labute approximate surface area is 171 Å². The molecule has 1 amide bonds. The molecule has 1 atom stereocenters. The maximum absolute atomic E-state index is 12.4. The van der Waals surface area contributed by atoms with Crippen LogP contribution in [0, 0.1) is 0 Å². The van der Waals surface area contributed by atoms with Crippen molar-refractivity contribution in [2.24, 2.45) is 0 Å². The van der Waals surface area contributed by atoms with E-state index >= 15 is 0 Å². The van der Waals surface area contributed by atoms with E-state index in [1.165, 1.54) is 31.4 Å². The van der Waals surface area contributed by atoms with E-state index in [2.05, 4.69) is 10.3 Å². The van der Waals surface area contributed by atoms with Crippen LogP contribution in [0.2, 0.25) is 5.02 Å². The summed E-state index contributed by atoms with van der Waals surface area (Å²) < 4.78 is 10.4. The number of nitrogens with zero attached hydrogens (tertiary/aromatic N) is 1. The van der Waals surface area contributed by atoms with Crippen LogP contribution < -0.4 is 10.1 Å². The largest absolute Gasteiger partial charge is 0.496 e. The molecule has 2 aromatic carbocycles. The number of hydrogen-bond acceptors (Lipinski definition) is 6. The number of aromatic nitrogens is 1. The second-order valence-corrected chi connectivity index (χ2v) is 7.08. The summed E-state index contributed by atoms with van der Waals surface area (Å²) in [6, 6.07) is 14.2. The number of rotatable bonds is 6. The van der Waals surface area contributed by atoms with Gasteiger partial charge in [0.25, 0.3) is 5.91 Å². The van der Waals surface area contributed by atoms with Crippen LogP contribution in [0.15, 0.2) is 53.9 Å². The average Bonchev–Trinajstić information content (AvgIpc) is 3.17. The van der Waals surface area contributed by atoms with E-state index in [-0.39, 0.29) is 5.56 Å². The lowest BCUT2D eigenvalue weighted by Crippen LogP contribution is -2.30. The molecule has 1 heterocycles. The minimum atomic E-state index is -1.03. The third-order valence-electron chi connectivity index (χ3n) is 3.84. The second-order valence-electron chi connectivity index (χ2n) is 5.79. The van der Waals surface area contributed by atoms with E-state index in [1.807, 2.05) is 35.7 Å². The molecule has 144 valence electrons. The SMILES string of the molecule is COc1ccc(Cl)cc1C(=O)O[C@@H](C)C(=O)Nc1nc(-c2ccccc2)cs1. The predicted molar refractivity (Wildman–Crippen MR) is 109 cm³/mol. The molecule has 0 fully saturated rings. The lowest BCUT2D eigenvalue weighted by molar-refractivity contribution is -0.123. The fourth-order valence-electron chi connectivity index (χ4n) is 2.40. The molecule has 1 aromatic heterocycles. The highest BCUT2D eigenvalue weighted by Crippen LogP contribution is 2.26. The van der Waals surface area contributed by atoms with E-state index in [0.717, 1.165) is 11.3 Å². The summed E-state index contributed by atoms with van der Waals surface area (Å²) in [6.45, 7) is 1.48. The van der Waals surface area contributed by atoms with E-state index in [9.17, 15) is 9.59 Å². The van der Waals surface area contributed by atoms with Crippen molar-refractivity contribution in [3.05, 3.63) is 64.5 Å². The van der Waals surface area contributed by atoms with Crippen LogP contribution in [0.1, 0.15) is 17.3 Å². The minimum Gasteiger partial charge on any atom is -0.496 e. The zero-order valence-corrected chi connectivity index (χ0v) is 16.7. The zero-order chi connectivity index (χ0) is 20.1. The molecule has 28 heavy (non-hydrogen) atoms. The number of anilines is 1. The van der Waals surface area contributed by atoms with Gasteiger partial charge in [-0.05, 0) is 25.1 Å². The molecule has 0 bridgehead atoms. The smallest absolute Gasteiger partial charge is 0.342 e. The number of amides is 1. The van der Waals surface area contributed by atoms with Gasteiger partial charge in [0.05, 0.1) is 12.8 Å². The van der Waals surface area contributed by atoms with Crippen molar-refractivity contribution < 1.29 is 19.1 Å². The number of hydrogen-bond donors (Lipinski definition) is 1. The molecule has 3 aromatic rings. The van der Waals surface area contributed by atoms with Gasteiger partial charge < -0.3 is 9.47 Å². The van der Waals surface area contributed by atoms with Crippen molar-refractivity contribution in [1.82, 2.24) is 4.98 Å². The summed E-state index contributed by atoms with van der Waals surface area (Å²) in [4.78, 5) is 29.1. The molecule has 3 rings (SSSR count). The zero-order valence-electron chi connectivity index (χ0n) is 15.1. The van der Waals surface area contributed by atoms with Crippen LogP contribution in [-0.2, 0) is 9.53 Å². The highest BCUT2D eigenvalue weighted by Gasteiger charge is 2.22. The number of nitrogens with one attached hydrogen (secondary N) is 1. The first-order chi connectivity index (χ1) is 13.5. The highest BCUT2D eigenvalue weighted by molar-refractivity contribution is 7.14. The number of halogens is 1. The van der Waals surface area contributed by atoms with Crippen molar-refractivity contribution in [2.75, 3.05) is 12.4 Å². The fraction of sp³-hybridized carbons (Fsp3) is 0.150. The molecule has 0 spiro atoms. The summed E-state index contributed by atoms with van der Waals surface area (Å²) in [7, 11) is 1.43. The Bertz CT molecular complexity index is 991. The fourth-order valence-corrected chi connectivity index (χ4v) is 3.29. The first-order valence-electron chi connectivity index (χ1n) is 8.34. The van der Waals surface area contributed by atoms with Crippen molar-refractivity contribution in [3.8, 4) is 17.0 Å².